The number of hydrogen-bond donors (Lipinski definition) is 1. The fourth-order valence-electron chi connectivity index (χ4n) is 3.64. The molecule has 0 saturated heterocycles. The molecular weight excluding hydrogens is 304 g/mol. The highest BCUT2D eigenvalue weighted by Crippen LogP contribution is 2.39. The summed E-state index contributed by atoms with van der Waals surface area (Å²) < 4.78 is 7.66. The Morgan fingerprint density at radius 2 is 2.00 bits per heavy atom. The summed E-state index contributed by atoms with van der Waals surface area (Å²) in [6.07, 6.45) is 1.55. The van der Waals surface area contributed by atoms with E-state index in [-0.39, 0.29) is 5.69 Å². The number of hydrogen-bond acceptors (Lipinski definition) is 3. The Morgan fingerprint density at radius 3 is 2.71 bits per heavy atom. The number of aryl methyl sites for hydroxylation is 2. The molecule has 0 aliphatic rings. The average Bonchev–Trinajstić information content (AvgIpc) is 2.87. The molecule has 5 nitrogen and oxygen atoms in total. The van der Waals surface area contributed by atoms with E-state index in [1.165, 1.54) is 0 Å². The maximum absolute atomic E-state index is 11.6. The van der Waals surface area contributed by atoms with Crippen LogP contribution < -0.4 is 4.74 Å². The molecule has 0 saturated carbocycles. The van der Waals surface area contributed by atoms with E-state index in [0.29, 0.717) is 5.39 Å². The normalized spacial score (nSPS) is 11.5. The van der Waals surface area contributed by atoms with E-state index in [1.807, 2.05) is 44.3 Å². The molecule has 2 aromatic carbocycles. The van der Waals surface area contributed by atoms with Crippen LogP contribution in [0.2, 0.25) is 0 Å². The molecule has 4 aromatic rings. The van der Waals surface area contributed by atoms with Gasteiger partial charge in [-0.05, 0) is 42.1 Å². The number of benzene rings is 2. The van der Waals surface area contributed by atoms with Crippen molar-refractivity contribution in [3.05, 3.63) is 47.8 Å². The number of nitrogens with zero attached hydrogens (tertiary/aromatic N) is 2. The zero-order valence-electron chi connectivity index (χ0n) is 13.6. The van der Waals surface area contributed by atoms with Gasteiger partial charge in [0.2, 0.25) is 0 Å². The summed E-state index contributed by atoms with van der Waals surface area (Å²) >= 11 is 0. The van der Waals surface area contributed by atoms with Crippen LogP contribution in [0.4, 0.5) is 0 Å². The minimum Gasteiger partial charge on any atom is -0.496 e. The fraction of sp³-hybridized carbons (Fsp3) is 0.158. The third-order valence-corrected chi connectivity index (χ3v) is 4.69. The molecule has 0 radical (unpaired) electrons. The van der Waals surface area contributed by atoms with E-state index in [9.17, 15) is 9.90 Å². The van der Waals surface area contributed by atoms with Crippen LogP contribution in [-0.4, -0.2) is 27.7 Å². The van der Waals surface area contributed by atoms with Crippen LogP contribution in [0.1, 0.15) is 16.1 Å². The van der Waals surface area contributed by atoms with Gasteiger partial charge in [0.05, 0.1) is 18.1 Å². The minimum absolute atomic E-state index is 0.0735. The Labute approximate surface area is 138 Å². The number of rotatable bonds is 2. The van der Waals surface area contributed by atoms with Crippen LogP contribution in [-0.2, 0) is 7.05 Å². The average molecular weight is 320 g/mol. The zero-order chi connectivity index (χ0) is 17.0. The molecule has 120 valence electrons. The van der Waals surface area contributed by atoms with Gasteiger partial charge < -0.3 is 14.4 Å². The lowest BCUT2D eigenvalue weighted by Gasteiger charge is -2.08. The van der Waals surface area contributed by atoms with Crippen molar-refractivity contribution in [2.24, 2.45) is 7.05 Å². The van der Waals surface area contributed by atoms with Gasteiger partial charge in [-0.3, -0.25) is 0 Å². The predicted molar refractivity (Wildman–Crippen MR) is 94.0 cm³/mol. The monoisotopic (exact) mass is 320 g/mol. The van der Waals surface area contributed by atoms with Crippen molar-refractivity contribution in [2.75, 3.05) is 7.11 Å². The second kappa shape index (κ2) is 4.96. The Bertz CT molecular complexity index is 1140. The third kappa shape index (κ3) is 1.75. The lowest BCUT2D eigenvalue weighted by Crippen LogP contribution is -2.01. The number of carboxylic acids is 1. The highest BCUT2D eigenvalue weighted by Gasteiger charge is 2.19. The van der Waals surface area contributed by atoms with E-state index in [1.54, 1.807) is 13.3 Å². The number of ether oxygens (including phenoxy) is 1. The maximum Gasteiger partial charge on any atom is 0.355 e. The first kappa shape index (κ1) is 14.5. The van der Waals surface area contributed by atoms with Crippen molar-refractivity contribution in [1.29, 1.82) is 0 Å². The molecule has 0 fully saturated rings. The molecule has 0 aliphatic heterocycles. The second-order valence-corrected chi connectivity index (χ2v) is 5.87. The zero-order valence-corrected chi connectivity index (χ0v) is 13.6. The molecule has 0 unspecified atom stereocenters. The summed E-state index contributed by atoms with van der Waals surface area (Å²) in [5, 5.41) is 13.0. The first-order valence-corrected chi connectivity index (χ1v) is 7.61. The van der Waals surface area contributed by atoms with Crippen molar-refractivity contribution in [3.63, 3.8) is 0 Å². The van der Waals surface area contributed by atoms with Gasteiger partial charge in [-0.1, -0.05) is 6.07 Å². The highest BCUT2D eigenvalue weighted by molar-refractivity contribution is 6.18. The van der Waals surface area contributed by atoms with Crippen LogP contribution in [0.15, 0.2) is 36.5 Å². The lowest BCUT2D eigenvalue weighted by atomic mass is 10.00. The minimum atomic E-state index is -1.02. The topological polar surface area (TPSA) is 64.3 Å². The van der Waals surface area contributed by atoms with E-state index >= 15 is 0 Å². The van der Waals surface area contributed by atoms with E-state index in [2.05, 4.69) is 9.55 Å². The Kier molecular flexibility index (Phi) is 3.00. The number of aromatic nitrogens is 2. The Morgan fingerprint density at radius 1 is 1.21 bits per heavy atom. The molecular formula is C19H16N2O3. The predicted octanol–water partition coefficient (Wildman–Crippen LogP) is 3.89. The molecule has 2 aromatic heterocycles. The van der Waals surface area contributed by atoms with Crippen LogP contribution in [0.5, 0.6) is 5.75 Å². The molecule has 0 bridgehead atoms. The summed E-state index contributed by atoms with van der Waals surface area (Å²) in [6.45, 7) is 2.02. The second-order valence-electron chi connectivity index (χ2n) is 5.87. The van der Waals surface area contributed by atoms with Gasteiger partial charge in [0.15, 0.2) is 5.69 Å². The SMILES string of the molecule is COc1cccc2c1c1cc3c(C(=O)O)nccc3c(C)c1n2C. The number of methoxy groups -OCH3 is 1. The first-order valence-electron chi connectivity index (χ1n) is 7.61. The van der Waals surface area contributed by atoms with Crippen LogP contribution >= 0.6 is 0 Å². The summed E-state index contributed by atoms with van der Waals surface area (Å²) in [4.78, 5) is 15.6. The van der Waals surface area contributed by atoms with Crippen molar-refractivity contribution in [3.8, 4) is 5.75 Å². The molecule has 0 spiro atoms. The van der Waals surface area contributed by atoms with E-state index in [0.717, 1.165) is 38.5 Å². The number of pyridine rings is 1. The maximum atomic E-state index is 11.6. The van der Waals surface area contributed by atoms with Gasteiger partial charge >= 0.3 is 5.97 Å². The Hall–Kier alpha value is -3.08. The third-order valence-electron chi connectivity index (χ3n) is 4.69. The van der Waals surface area contributed by atoms with Crippen LogP contribution in [0, 0.1) is 6.92 Å². The van der Waals surface area contributed by atoms with Gasteiger partial charge in [-0.15, -0.1) is 0 Å². The molecule has 0 atom stereocenters. The van der Waals surface area contributed by atoms with Crippen LogP contribution in [0.3, 0.4) is 0 Å². The number of fused-ring (bicyclic) bond motifs is 4. The first-order chi connectivity index (χ1) is 11.5. The quantitative estimate of drug-likeness (QED) is 0.608. The summed E-state index contributed by atoms with van der Waals surface area (Å²) in [7, 11) is 3.66. The van der Waals surface area contributed by atoms with Crippen LogP contribution in [0.25, 0.3) is 32.6 Å². The number of carbonyl (C=O) groups is 1. The summed E-state index contributed by atoms with van der Waals surface area (Å²) in [5.41, 5.74) is 3.23. The number of carboxylic acid groups (broad SMARTS) is 1. The Balaban J connectivity index is 2.33. The van der Waals surface area contributed by atoms with Gasteiger partial charge in [-0.25, -0.2) is 9.78 Å². The molecule has 0 amide bonds. The molecule has 5 heteroatoms. The van der Waals surface area contributed by atoms with E-state index < -0.39 is 5.97 Å². The van der Waals surface area contributed by atoms with Gasteiger partial charge in [0, 0.05) is 29.4 Å². The molecule has 4 rings (SSSR count). The summed E-state index contributed by atoms with van der Waals surface area (Å²) in [5.74, 6) is -0.246. The van der Waals surface area contributed by atoms with Crippen molar-refractivity contribution >= 4 is 38.5 Å². The largest absolute Gasteiger partial charge is 0.496 e. The highest BCUT2D eigenvalue weighted by atomic mass is 16.5. The van der Waals surface area contributed by atoms with Crippen molar-refractivity contribution < 1.29 is 14.6 Å². The van der Waals surface area contributed by atoms with Gasteiger partial charge in [0.25, 0.3) is 0 Å². The summed E-state index contributed by atoms with van der Waals surface area (Å²) in [6, 6.07) is 9.70. The molecule has 2 heterocycles. The van der Waals surface area contributed by atoms with E-state index in [4.69, 9.17) is 4.74 Å². The molecule has 24 heavy (non-hydrogen) atoms. The standard InChI is InChI=1S/C19H16N2O3/c1-10-11-7-8-20-17(19(22)23)12(11)9-13-16-14(21(2)18(10)13)5-4-6-15(16)24-3/h4-9H,1-3H3,(H,22,23). The molecule has 0 aliphatic carbocycles. The number of aromatic carboxylic acids is 1. The smallest absolute Gasteiger partial charge is 0.355 e. The molecule has 1 N–H and O–H groups in total. The van der Waals surface area contributed by atoms with Crippen molar-refractivity contribution in [2.45, 2.75) is 6.92 Å². The van der Waals surface area contributed by atoms with Crippen molar-refractivity contribution in [1.82, 2.24) is 9.55 Å². The van der Waals surface area contributed by atoms with Gasteiger partial charge in [0.1, 0.15) is 5.75 Å². The fourth-order valence-corrected chi connectivity index (χ4v) is 3.64. The lowest BCUT2D eigenvalue weighted by molar-refractivity contribution is 0.0693. The van der Waals surface area contributed by atoms with Gasteiger partial charge in [-0.2, -0.15) is 0 Å².